The molecule has 0 bridgehead atoms. The molecule has 2 nitrogen and oxygen atoms in total. The Hall–Kier alpha value is -0.0800. The summed E-state index contributed by atoms with van der Waals surface area (Å²) in [4.78, 5) is 0. The molecule has 1 N–H and O–H groups in total. The SMILES string of the molecule is CC1(C2CCNCC2)COC1. The van der Waals surface area contributed by atoms with Crippen molar-refractivity contribution in [3.05, 3.63) is 0 Å². The van der Waals surface area contributed by atoms with Gasteiger partial charge in [0.15, 0.2) is 0 Å². The highest BCUT2D eigenvalue weighted by molar-refractivity contribution is 4.89. The molecule has 2 heterocycles. The van der Waals surface area contributed by atoms with E-state index in [0.717, 1.165) is 19.1 Å². The first-order valence-electron chi connectivity index (χ1n) is 4.60. The Morgan fingerprint density at radius 3 is 2.36 bits per heavy atom. The van der Waals surface area contributed by atoms with Gasteiger partial charge < -0.3 is 10.1 Å². The van der Waals surface area contributed by atoms with Crippen LogP contribution in [0, 0.1) is 11.3 Å². The summed E-state index contributed by atoms with van der Waals surface area (Å²) in [6.07, 6.45) is 2.69. The highest BCUT2D eigenvalue weighted by Gasteiger charge is 2.41. The first kappa shape index (κ1) is 7.56. The van der Waals surface area contributed by atoms with Crippen LogP contribution >= 0.6 is 0 Å². The third-order valence-electron chi connectivity index (χ3n) is 3.19. The van der Waals surface area contributed by atoms with Crippen LogP contribution in [-0.4, -0.2) is 26.3 Å². The number of ether oxygens (including phenoxy) is 1. The number of hydrogen-bond donors (Lipinski definition) is 1. The second-order valence-corrected chi connectivity index (χ2v) is 4.17. The van der Waals surface area contributed by atoms with Crippen LogP contribution in [0.3, 0.4) is 0 Å². The average Bonchev–Trinajstić information content (AvgIpc) is 2.02. The number of piperidine rings is 1. The molecule has 2 rings (SSSR count). The third-order valence-corrected chi connectivity index (χ3v) is 3.19. The fourth-order valence-electron chi connectivity index (χ4n) is 2.18. The van der Waals surface area contributed by atoms with Gasteiger partial charge >= 0.3 is 0 Å². The lowest BCUT2D eigenvalue weighted by atomic mass is 9.71. The monoisotopic (exact) mass is 155 g/mol. The lowest BCUT2D eigenvalue weighted by Gasteiger charge is -2.46. The quantitative estimate of drug-likeness (QED) is 0.610. The van der Waals surface area contributed by atoms with Gasteiger partial charge in [-0.15, -0.1) is 0 Å². The summed E-state index contributed by atoms with van der Waals surface area (Å²) in [5.41, 5.74) is 0.530. The molecule has 0 amide bonds. The second-order valence-electron chi connectivity index (χ2n) is 4.17. The summed E-state index contributed by atoms with van der Waals surface area (Å²) in [5, 5.41) is 3.39. The van der Waals surface area contributed by atoms with Gasteiger partial charge in [0.05, 0.1) is 13.2 Å². The minimum absolute atomic E-state index is 0.530. The van der Waals surface area contributed by atoms with Gasteiger partial charge in [0, 0.05) is 5.41 Å². The van der Waals surface area contributed by atoms with Crippen LogP contribution < -0.4 is 5.32 Å². The van der Waals surface area contributed by atoms with Gasteiger partial charge in [-0.3, -0.25) is 0 Å². The highest BCUT2D eigenvalue weighted by Crippen LogP contribution is 2.39. The van der Waals surface area contributed by atoms with Crippen molar-refractivity contribution < 1.29 is 4.74 Å². The molecule has 0 radical (unpaired) electrons. The predicted molar refractivity (Wildman–Crippen MR) is 44.5 cm³/mol. The summed E-state index contributed by atoms with van der Waals surface area (Å²) in [5.74, 6) is 0.914. The lowest BCUT2D eigenvalue weighted by molar-refractivity contribution is -0.139. The van der Waals surface area contributed by atoms with Gasteiger partial charge in [0.25, 0.3) is 0 Å². The van der Waals surface area contributed by atoms with Gasteiger partial charge in [-0.1, -0.05) is 6.92 Å². The molecule has 2 aliphatic heterocycles. The Morgan fingerprint density at radius 1 is 1.27 bits per heavy atom. The summed E-state index contributed by atoms with van der Waals surface area (Å²) >= 11 is 0. The fraction of sp³-hybridized carbons (Fsp3) is 1.00. The average molecular weight is 155 g/mol. The van der Waals surface area contributed by atoms with E-state index in [1.165, 1.54) is 25.9 Å². The number of nitrogens with one attached hydrogen (secondary N) is 1. The van der Waals surface area contributed by atoms with E-state index in [1.807, 2.05) is 0 Å². The van der Waals surface area contributed by atoms with Gasteiger partial charge in [-0.05, 0) is 31.8 Å². The van der Waals surface area contributed by atoms with E-state index in [9.17, 15) is 0 Å². The van der Waals surface area contributed by atoms with Crippen molar-refractivity contribution in [2.45, 2.75) is 19.8 Å². The summed E-state index contributed by atoms with van der Waals surface area (Å²) in [6, 6.07) is 0. The maximum Gasteiger partial charge on any atom is 0.0544 e. The molecule has 0 unspecified atom stereocenters. The molecule has 64 valence electrons. The van der Waals surface area contributed by atoms with Crippen LogP contribution in [0.25, 0.3) is 0 Å². The van der Waals surface area contributed by atoms with Crippen LogP contribution in [-0.2, 0) is 4.74 Å². The van der Waals surface area contributed by atoms with E-state index in [1.54, 1.807) is 0 Å². The van der Waals surface area contributed by atoms with Crippen molar-refractivity contribution in [1.29, 1.82) is 0 Å². The largest absolute Gasteiger partial charge is 0.380 e. The fourth-order valence-corrected chi connectivity index (χ4v) is 2.18. The van der Waals surface area contributed by atoms with Crippen molar-refractivity contribution in [3.63, 3.8) is 0 Å². The van der Waals surface area contributed by atoms with Crippen molar-refractivity contribution >= 4 is 0 Å². The first-order valence-corrected chi connectivity index (χ1v) is 4.60. The lowest BCUT2D eigenvalue weighted by Crippen LogP contribution is -2.49. The Balaban J connectivity index is 1.91. The second kappa shape index (κ2) is 2.76. The predicted octanol–water partition coefficient (Wildman–Crippen LogP) is 1.02. The smallest absolute Gasteiger partial charge is 0.0544 e. The van der Waals surface area contributed by atoms with Crippen molar-refractivity contribution in [2.75, 3.05) is 26.3 Å². The topological polar surface area (TPSA) is 21.3 Å². The van der Waals surface area contributed by atoms with Gasteiger partial charge in [0.2, 0.25) is 0 Å². The van der Waals surface area contributed by atoms with E-state index < -0.39 is 0 Å². The number of hydrogen-bond acceptors (Lipinski definition) is 2. The molecule has 2 aliphatic rings. The zero-order chi connectivity index (χ0) is 7.73. The molecule has 0 spiro atoms. The van der Waals surface area contributed by atoms with E-state index in [4.69, 9.17) is 4.74 Å². The molecule has 0 saturated carbocycles. The molecule has 0 aromatic carbocycles. The van der Waals surface area contributed by atoms with Gasteiger partial charge in [-0.25, -0.2) is 0 Å². The molecule has 0 aromatic heterocycles. The molecule has 0 aromatic rings. The number of rotatable bonds is 1. The molecule has 2 fully saturated rings. The molecule has 0 aliphatic carbocycles. The summed E-state index contributed by atoms with van der Waals surface area (Å²) in [7, 11) is 0. The Morgan fingerprint density at radius 2 is 1.91 bits per heavy atom. The van der Waals surface area contributed by atoms with E-state index >= 15 is 0 Å². The molecule has 2 saturated heterocycles. The van der Waals surface area contributed by atoms with Gasteiger partial charge in [-0.2, -0.15) is 0 Å². The molecule has 2 heteroatoms. The zero-order valence-corrected chi connectivity index (χ0v) is 7.23. The van der Waals surface area contributed by atoms with E-state index in [-0.39, 0.29) is 0 Å². The van der Waals surface area contributed by atoms with E-state index in [0.29, 0.717) is 5.41 Å². The summed E-state index contributed by atoms with van der Waals surface area (Å²) < 4.78 is 5.27. The van der Waals surface area contributed by atoms with Crippen molar-refractivity contribution in [2.24, 2.45) is 11.3 Å². The Kier molecular flexibility index (Phi) is 1.90. The van der Waals surface area contributed by atoms with E-state index in [2.05, 4.69) is 12.2 Å². The normalized spacial score (nSPS) is 31.4. The maximum atomic E-state index is 5.27. The highest BCUT2D eigenvalue weighted by atomic mass is 16.5. The van der Waals surface area contributed by atoms with Crippen LogP contribution in [0.2, 0.25) is 0 Å². The molecular formula is C9H17NO. The van der Waals surface area contributed by atoms with Crippen molar-refractivity contribution in [1.82, 2.24) is 5.32 Å². The first-order chi connectivity index (χ1) is 5.31. The van der Waals surface area contributed by atoms with Gasteiger partial charge in [0.1, 0.15) is 0 Å². The minimum atomic E-state index is 0.530. The van der Waals surface area contributed by atoms with Crippen LogP contribution in [0.1, 0.15) is 19.8 Å². The Bertz CT molecular complexity index is 136. The zero-order valence-electron chi connectivity index (χ0n) is 7.23. The summed E-state index contributed by atoms with van der Waals surface area (Å²) in [6.45, 7) is 6.78. The standard InChI is InChI=1S/C9H17NO/c1-9(6-11-7-9)8-2-4-10-5-3-8/h8,10H,2-7H2,1H3. The van der Waals surface area contributed by atoms with Crippen LogP contribution in [0.5, 0.6) is 0 Å². The molecular weight excluding hydrogens is 138 g/mol. The molecule has 0 atom stereocenters. The Labute approximate surface area is 68.3 Å². The maximum absolute atomic E-state index is 5.27. The molecule has 11 heavy (non-hydrogen) atoms. The van der Waals surface area contributed by atoms with Crippen molar-refractivity contribution in [3.8, 4) is 0 Å². The minimum Gasteiger partial charge on any atom is -0.380 e. The third kappa shape index (κ3) is 1.30. The van der Waals surface area contributed by atoms with Crippen LogP contribution in [0.15, 0.2) is 0 Å². The van der Waals surface area contributed by atoms with Crippen LogP contribution in [0.4, 0.5) is 0 Å².